The second-order valence-electron chi connectivity index (χ2n) is 7.03. The number of nitrogens with one attached hydrogen (secondary N) is 1. The van der Waals surface area contributed by atoms with Gasteiger partial charge in [0.2, 0.25) is 5.91 Å². The Labute approximate surface area is 180 Å². The Bertz CT molecular complexity index is 832. The number of nitrogens with zero attached hydrogens (tertiary/aromatic N) is 1. The zero-order valence-corrected chi connectivity index (χ0v) is 17.6. The van der Waals surface area contributed by atoms with E-state index in [9.17, 15) is 9.90 Å². The molecule has 1 aliphatic rings. The summed E-state index contributed by atoms with van der Waals surface area (Å²) in [4.78, 5) is 13.5. The summed E-state index contributed by atoms with van der Waals surface area (Å²) in [5.74, 6) is 1.04. The number of amides is 1. The van der Waals surface area contributed by atoms with Gasteiger partial charge in [0.25, 0.3) is 0 Å². The maximum Gasteiger partial charge on any atom is 0.221 e. The van der Waals surface area contributed by atoms with E-state index in [-0.39, 0.29) is 18.6 Å². The maximum absolute atomic E-state index is 11.3. The Morgan fingerprint density at radius 2 is 1.97 bits per heavy atom. The molecule has 8 heteroatoms. The van der Waals surface area contributed by atoms with Crippen molar-refractivity contribution < 1.29 is 19.4 Å². The topological polar surface area (TPSA) is 71.0 Å². The predicted molar refractivity (Wildman–Crippen MR) is 114 cm³/mol. The Balaban J connectivity index is 1.46. The molecule has 0 aliphatic carbocycles. The minimum absolute atomic E-state index is 0.0759. The van der Waals surface area contributed by atoms with Gasteiger partial charge in [-0.3, -0.25) is 9.69 Å². The van der Waals surface area contributed by atoms with Gasteiger partial charge in [-0.05, 0) is 48.9 Å². The van der Waals surface area contributed by atoms with Crippen LogP contribution in [0.2, 0.25) is 10.0 Å². The molecule has 29 heavy (non-hydrogen) atoms. The van der Waals surface area contributed by atoms with Crippen LogP contribution in [0.15, 0.2) is 42.5 Å². The smallest absolute Gasteiger partial charge is 0.221 e. The number of anilines is 1. The van der Waals surface area contributed by atoms with E-state index in [0.717, 1.165) is 25.3 Å². The van der Waals surface area contributed by atoms with Crippen molar-refractivity contribution in [3.05, 3.63) is 52.5 Å². The molecule has 0 saturated carbocycles. The summed E-state index contributed by atoms with van der Waals surface area (Å²) in [5.41, 5.74) is 0.481. The van der Waals surface area contributed by atoms with Crippen LogP contribution in [0.4, 0.5) is 5.69 Å². The number of carbonyl (C=O) groups excluding carboxylic acids is 1. The summed E-state index contributed by atoms with van der Waals surface area (Å²) >= 11 is 11.9. The van der Waals surface area contributed by atoms with Crippen LogP contribution in [0.25, 0.3) is 0 Å². The van der Waals surface area contributed by atoms with E-state index in [1.807, 2.05) is 12.1 Å². The Morgan fingerprint density at radius 3 is 2.69 bits per heavy atom. The van der Waals surface area contributed by atoms with Gasteiger partial charge in [0.05, 0.1) is 5.69 Å². The van der Waals surface area contributed by atoms with E-state index in [1.54, 1.807) is 30.3 Å². The highest BCUT2D eigenvalue weighted by atomic mass is 35.5. The fourth-order valence-corrected chi connectivity index (χ4v) is 3.51. The lowest BCUT2D eigenvalue weighted by molar-refractivity contribution is -0.114. The molecule has 1 fully saturated rings. The van der Waals surface area contributed by atoms with Gasteiger partial charge < -0.3 is 19.9 Å². The molecule has 156 valence electrons. The number of likely N-dealkylation sites (tertiary alicyclic amines) is 1. The number of aliphatic hydroxyl groups excluding tert-OH is 1. The monoisotopic (exact) mass is 438 g/mol. The van der Waals surface area contributed by atoms with Crippen LogP contribution in [0.3, 0.4) is 0 Å². The molecule has 6 nitrogen and oxygen atoms in total. The Kier molecular flexibility index (Phi) is 7.61. The molecule has 1 heterocycles. The van der Waals surface area contributed by atoms with Gasteiger partial charge in [-0.2, -0.15) is 0 Å². The number of β-amino-alcohol motifs (C(OH)–C–C–N with tert-alkyl or cyclic N) is 1. The van der Waals surface area contributed by atoms with E-state index >= 15 is 0 Å². The predicted octanol–water partition coefficient (Wildman–Crippen LogP) is 3.84. The molecule has 0 bridgehead atoms. The van der Waals surface area contributed by atoms with Gasteiger partial charge in [0.1, 0.15) is 30.3 Å². The molecule has 2 aromatic carbocycles. The van der Waals surface area contributed by atoms with Gasteiger partial charge in [-0.15, -0.1) is 0 Å². The Hall–Kier alpha value is -1.99. The third-order valence-corrected chi connectivity index (χ3v) is 4.99. The van der Waals surface area contributed by atoms with E-state index in [2.05, 4.69) is 10.2 Å². The van der Waals surface area contributed by atoms with Gasteiger partial charge in [-0.1, -0.05) is 23.2 Å². The van der Waals surface area contributed by atoms with Crippen molar-refractivity contribution in [2.24, 2.45) is 0 Å². The number of aliphatic hydroxyl groups is 1. The number of benzene rings is 2. The standard InChI is InChI=1S/C21H24Cl2N2O4/c1-14(26)24-20-10-16(23)4-7-21(20)28-13-17(27)11-25-9-8-19(12-25)29-18-5-2-15(22)3-6-18/h2-7,10,17,19,27H,8-9,11-13H2,1H3,(H,24,26). The summed E-state index contributed by atoms with van der Waals surface area (Å²) in [6.45, 7) is 3.57. The summed E-state index contributed by atoms with van der Waals surface area (Å²) in [7, 11) is 0. The van der Waals surface area contributed by atoms with Crippen molar-refractivity contribution >= 4 is 34.8 Å². The molecule has 0 radical (unpaired) electrons. The second-order valence-corrected chi connectivity index (χ2v) is 7.90. The average Bonchev–Trinajstić information content (AvgIpc) is 3.09. The molecule has 2 aromatic rings. The maximum atomic E-state index is 11.3. The third kappa shape index (κ3) is 6.78. The minimum atomic E-state index is -0.676. The van der Waals surface area contributed by atoms with Crippen LogP contribution >= 0.6 is 23.2 Å². The van der Waals surface area contributed by atoms with Crippen molar-refractivity contribution in [1.29, 1.82) is 0 Å². The van der Waals surface area contributed by atoms with Crippen molar-refractivity contribution in [3.8, 4) is 11.5 Å². The molecule has 1 aliphatic heterocycles. The first kappa shape index (κ1) is 21.7. The van der Waals surface area contributed by atoms with Crippen LogP contribution < -0.4 is 14.8 Å². The number of hydrogen-bond donors (Lipinski definition) is 2. The summed E-state index contributed by atoms with van der Waals surface area (Å²) < 4.78 is 11.7. The highest BCUT2D eigenvalue weighted by Crippen LogP contribution is 2.28. The Morgan fingerprint density at radius 1 is 1.24 bits per heavy atom. The van der Waals surface area contributed by atoms with Crippen LogP contribution in [-0.2, 0) is 4.79 Å². The quantitative estimate of drug-likeness (QED) is 0.654. The number of carbonyl (C=O) groups is 1. The minimum Gasteiger partial charge on any atom is -0.489 e. The lowest BCUT2D eigenvalue weighted by Crippen LogP contribution is -2.35. The highest BCUT2D eigenvalue weighted by molar-refractivity contribution is 6.31. The molecule has 2 atom stereocenters. The van der Waals surface area contributed by atoms with Crippen LogP contribution in [0.5, 0.6) is 11.5 Å². The molecule has 1 amide bonds. The van der Waals surface area contributed by atoms with Gasteiger partial charge in [0, 0.05) is 36.6 Å². The van der Waals surface area contributed by atoms with Crippen molar-refractivity contribution in [2.45, 2.75) is 25.6 Å². The SMILES string of the molecule is CC(=O)Nc1cc(Cl)ccc1OCC(O)CN1CCC(Oc2ccc(Cl)cc2)C1. The number of halogens is 2. The van der Waals surface area contributed by atoms with Crippen LogP contribution in [-0.4, -0.2) is 54.4 Å². The molecule has 0 aromatic heterocycles. The second kappa shape index (κ2) is 10.2. The molecular formula is C21H24Cl2N2O4. The fraction of sp³-hybridized carbons (Fsp3) is 0.381. The largest absolute Gasteiger partial charge is 0.489 e. The average molecular weight is 439 g/mol. The molecular weight excluding hydrogens is 415 g/mol. The first-order valence-corrected chi connectivity index (χ1v) is 10.2. The highest BCUT2D eigenvalue weighted by Gasteiger charge is 2.25. The molecule has 2 unspecified atom stereocenters. The van der Waals surface area contributed by atoms with Gasteiger partial charge in [-0.25, -0.2) is 0 Å². The first-order chi connectivity index (χ1) is 13.9. The molecule has 2 N–H and O–H groups in total. The van der Waals surface area contributed by atoms with E-state index in [0.29, 0.717) is 28.0 Å². The number of hydrogen-bond acceptors (Lipinski definition) is 5. The lowest BCUT2D eigenvalue weighted by Gasteiger charge is -2.21. The van der Waals surface area contributed by atoms with Crippen molar-refractivity contribution in [3.63, 3.8) is 0 Å². The third-order valence-electron chi connectivity index (χ3n) is 4.50. The zero-order chi connectivity index (χ0) is 20.8. The van der Waals surface area contributed by atoms with Crippen LogP contribution in [0, 0.1) is 0 Å². The summed E-state index contributed by atoms with van der Waals surface area (Å²) in [6, 6.07) is 12.3. The molecule has 0 spiro atoms. The van der Waals surface area contributed by atoms with Crippen molar-refractivity contribution in [1.82, 2.24) is 4.90 Å². The molecule has 1 saturated heterocycles. The fourth-order valence-electron chi connectivity index (χ4n) is 3.22. The van der Waals surface area contributed by atoms with Gasteiger partial charge >= 0.3 is 0 Å². The van der Waals surface area contributed by atoms with E-state index in [1.165, 1.54) is 6.92 Å². The van der Waals surface area contributed by atoms with E-state index in [4.69, 9.17) is 32.7 Å². The van der Waals surface area contributed by atoms with Crippen LogP contribution in [0.1, 0.15) is 13.3 Å². The number of ether oxygens (including phenoxy) is 2. The first-order valence-electron chi connectivity index (χ1n) is 9.41. The lowest BCUT2D eigenvalue weighted by atomic mass is 10.3. The molecule has 3 rings (SSSR count). The zero-order valence-electron chi connectivity index (χ0n) is 16.1. The van der Waals surface area contributed by atoms with E-state index < -0.39 is 6.10 Å². The van der Waals surface area contributed by atoms with Crippen molar-refractivity contribution in [2.75, 3.05) is 31.6 Å². The summed E-state index contributed by atoms with van der Waals surface area (Å²) in [5, 5.41) is 14.2. The number of rotatable bonds is 8. The summed E-state index contributed by atoms with van der Waals surface area (Å²) in [6.07, 6.45) is 0.289. The van der Waals surface area contributed by atoms with Gasteiger partial charge in [0.15, 0.2) is 0 Å². The normalized spacial score (nSPS) is 17.7.